The van der Waals surface area contributed by atoms with Gasteiger partial charge in [-0.15, -0.1) is 12.4 Å². The van der Waals surface area contributed by atoms with Gasteiger partial charge in [0, 0.05) is 27.7 Å². The van der Waals surface area contributed by atoms with Gasteiger partial charge in [-0.3, -0.25) is 9.78 Å². The van der Waals surface area contributed by atoms with Crippen molar-refractivity contribution in [3.8, 4) is 5.75 Å². The van der Waals surface area contributed by atoms with Gasteiger partial charge in [0.1, 0.15) is 18.4 Å². The van der Waals surface area contributed by atoms with E-state index in [2.05, 4.69) is 9.72 Å². The molecule has 0 unspecified atom stereocenters. The Morgan fingerprint density at radius 2 is 1.96 bits per heavy atom. The van der Waals surface area contributed by atoms with Gasteiger partial charge in [0.15, 0.2) is 0 Å². The lowest BCUT2D eigenvalue weighted by atomic mass is 10.1. The zero-order valence-corrected chi connectivity index (χ0v) is 15.2. The van der Waals surface area contributed by atoms with Crippen LogP contribution in [0.2, 0.25) is 10.0 Å². The van der Waals surface area contributed by atoms with Gasteiger partial charge in [0.2, 0.25) is 0 Å². The van der Waals surface area contributed by atoms with Crippen molar-refractivity contribution >= 4 is 41.6 Å². The number of benzene rings is 1. The highest BCUT2D eigenvalue weighted by Crippen LogP contribution is 2.25. The molecule has 2 rings (SSSR count). The first-order valence-electron chi connectivity index (χ1n) is 6.85. The van der Waals surface area contributed by atoms with E-state index in [1.165, 1.54) is 7.11 Å². The summed E-state index contributed by atoms with van der Waals surface area (Å²) in [5.41, 5.74) is 7.08. The highest BCUT2D eigenvalue weighted by Gasteiger charge is 2.15. The van der Waals surface area contributed by atoms with Crippen LogP contribution in [-0.4, -0.2) is 24.1 Å². The molecule has 24 heavy (non-hydrogen) atoms. The quantitative estimate of drug-likeness (QED) is 0.758. The van der Waals surface area contributed by atoms with E-state index in [0.29, 0.717) is 33.5 Å². The second-order valence-electron chi connectivity index (χ2n) is 4.81. The Morgan fingerprint density at radius 3 is 2.50 bits per heavy atom. The van der Waals surface area contributed by atoms with E-state index in [9.17, 15) is 4.79 Å². The van der Waals surface area contributed by atoms with E-state index < -0.39 is 12.0 Å². The fourth-order valence-electron chi connectivity index (χ4n) is 1.90. The number of ether oxygens (including phenoxy) is 2. The minimum atomic E-state index is -0.735. The fraction of sp³-hybridized carbons (Fsp3) is 0.250. The Bertz CT molecular complexity index is 671. The number of carbonyl (C=O) groups excluding carboxylic acids is 1. The van der Waals surface area contributed by atoms with E-state index in [4.69, 9.17) is 33.7 Å². The van der Waals surface area contributed by atoms with Gasteiger partial charge in [0.25, 0.3) is 0 Å². The molecule has 1 atom stereocenters. The highest BCUT2D eigenvalue weighted by atomic mass is 35.5. The summed E-state index contributed by atoms with van der Waals surface area (Å²) >= 11 is 12.2. The molecule has 1 aromatic heterocycles. The van der Waals surface area contributed by atoms with Crippen LogP contribution in [0.25, 0.3) is 0 Å². The molecule has 0 bridgehead atoms. The molecule has 0 saturated heterocycles. The van der Waals surface area contributed by atoms with Gasteiger partial charge >= 0.3 is 8.82 Å². The molecule has 2 aromatic rings. The molecule has 0 spiro atoms. The van der Waals surface area contributed by atoms with Gasteiger partial charge in [-0.2, -0.15) is 0 Å². The highest BCUT2D eigenvalue weighted by molar-refractivity contribution is 6.35. The minimum Gasteiger partial charge on any atom is -0.487 e. The van der Waals surface area contributed by atoms with E-state index in [1.54, 1.807) is 36.5 Å². The van der Waals surface area contributed by atoms with Crippen molar-refractivity contribution < 1.29 is 17.1 Å². The summed E-state index contributed by atoms with van der Waals surface area (Å²) < 4.78 is 10.2. The zero-order valence-electron chi connectivity index (χ0n) is 14.9. The Morgan fingerprint density at radius 1 is 1.29 bits per heavy atom. The van der Waals surface area contributed by atoms with Crippen LogP contribution < -0.4 is 10.5 Å². The summed E-state index contributed by atoms with van der Waals surface area (Å²) in [5.74, 6) is 0.0943. The average molecular weight is 394 g/mol. The molecule has 5 nitrogen and oxygen atoms in total. The van der Waals surface area contributed by atoms with E-state index >= 15 is 0 Å². The molecule has 1 heterocycles. The summed E-state index contributed by atoms with van der Waals surface area (Å²) in [7, 11) is 1.30. The van der Waals surface area contributed by atoms with E-state index in [0.717, 1.165) is 0 Å². The maximum Gasteiger partial charge on any atom is 1.00 e. The number of rotatable bonds is 6. The molecule has 0 aliphatic rings. The molecule has 0 saturated carbocycles. The SMILES string of the molecule is COC(=O)[C@@H](N)Cc1ccc(OCc2c(Cl)cccc2Cl)cn1.Cl.[H+].[H+]. The number of halogens is 3. The lowest BCUT2D eigenvalue weighted by Gasteiger charge is -2.11. The molecule has 0 fully saturated rings. The van der Waals surface area contributed by atoms with Crippen LogP contribution >= 0.6 is 35.6 Å². The third-order valence-electron chi connectivity index (χ3n) is 3.18. The molecule has 0 radical (unpaired) electrons. The Labute approximate surface area is 159 Å². The predicted molar refractivity (Wildman–Crippen MR) is 98.2 cm³/mol. The Kier molecular flexibility index (Phi) is 8.28. The van der Waals surface area contributed by atoms with Crippen molar-refractivity contribution in [3.05, 3.63) is 57.8 Å². The topological polar surface area (TPSA) is 74.4 Å². The average Bonchev–Trinajstić information content (AvgIpc) is 2.55. The number of hydrogen-bond acceptors (Lipinski definition) is 5. The molecular formula is C16H19Cl3N2O3+2. The van der Waals surface area contributed by atoms with Crippen LogP contribution in [0.4, 0.5) is 0 Å². The van der Waals surface area contributed by atoms with Gasteiger partial charge < -0.3 is 15.2 Å². The number of nitrogens with two attached hydrogens (primary N) is 1. The monoisotopic (exact) mass is 392 g/mol. The van der Waals surface area contributed by atoms with Crippen molar-refractivity contribution in [2.45, 2.75) is 19.1 Å². The predicted octanol–water partition coefficient (Wildman–Crippen LogP) is 3.66. The summed E-state index contributed by atoms with van der Waals surface area (Å²) in [6, 6.07) is 8.03. The molecule has 8 heteroatoms. The van der Waals surface area contributed by atoms with Crippen LogP contribution in [0.3, 0.4) is 0 Å². The molecule has 2 N–H and O–H groups in total. The van der Waals surface area contributed by atoms with E-state index in [1.807, 2.05) is 0 Å². The Hall–Kier alpha value is -1.53. The second-order valence-corrected chi connectivity index (χ2v) is 5.62. The molecule has 0 amide bonds. The zero-order chi connectivity index (χ0) is 16.8. The number of aromatic nitrogens is 1. The summed E-state index contributed by atoms with van der Waals surface area (Å²) in [6.07, 6.45) is 1.85. The standard InChI is InChI=1S/C16H16Cl2N2O3.ClH/c1-22-16(21)15(19)7-10-5-6-11(8-20-10)23-9-12-13(17)3-2-4-14(12)18;/h2-6,8,15H,7,9,19H2,1H3;1H/p+2/t15-;/m0./s1. The fourth-order valence-corrected chi connectivity index (χ4v) is 2.41. The first kappa shape index (κ1) is 20.5. The summed E-state index contributed by atoms with van der Waals surface area (Å²) in [4.78, 5) is 15.5. The van der Waals surface area contributed by atoms with Crippen LogP contribution in [0.15, 0.2) is 36.5 Å². The third-order valence-corrected chi connectivity index (χ3v) is 3.88. The van der Waals surface area contributed by atoms with Crippen molar-refractivity contribution in [1.29, 1.82) is 0 Å². The lowest BCUT2D eigenvalue weighted by Crippen LogP contribution is -2.33. The molecular weight excluding hydrogens is 375 g/mol. The first-order chi connectivity index (χ1) is 11.0. The number of carbonyl (C=O) groups is 1. The van der Waals surface area contributed by atoms with Gasteiger partial charge in [-0.05, 0) is 24.3 Å². The van der Waals surface area contributed by atoms with Crippen LogP contribution in [0.1, 0.15) is 14.1 Å². The maximum atomic E-state index is 11.3. The maximum absolute atomic E-state index is 11.3. The lowest BCUT2D eigenvalue weighted by molar-refractivity contribution is -0.142. The van der Waals surface area contributed by atoms with Crippen LogP contribution in [-0.2, 0) is 22.6 Å². The van der Waals surface area contributed by atoms with Gasteiger partial charge in [-0.1, -0.05) is 29.3 Å². The number of methoxy groups -OCH3 is 1. The number of hydrogen-bond donors (Lipinski definition) is 1. The second kappa shape index (κ2) is 9.69. The van der Waals surface area contributed by atoms with Crippen molar-refractivity contribution in [3.63, 3.8) is 0 Å². The number of esters is 1. The van der Waals surface area contributed by atoms with Crippen LogP contribution in [0, 0.1) is 0 Å². The van der Waals surface area contributed by atoms with Crippen molar-refractivity contribution in [2.75, 3.05) is 7.11 Å². The number of nitrogens with zero attached hydrogens (tertiary/aromatic N) is 1. The van der Waals surface area contributed by atoms with Crippen molar-refractivity contribution in [1.82, 2.24) is 4.98 Å². The minimum absolute atomic E-state index is 0. The molecule has 1 aromatic carbocycles. The first-order valence-corrected chi connectivity index (χ1v) is 7.61. The smallest absolute Gasteiger partial charge is 0.487 e. The largest absolute Gasteiger partial charge is 1.00 e. The van der Waals surface area contributed by atoms with Crippen LogP contribution in [0.5, 0.6) is 5.75 Å². The molecule has 130 valence electrons. The van der Waals surface area contributed by atoms with E-state index in [-0.39, 0.29) is 21.9 Å². The molecule has 0 aliphatic heterocycles. The normalized spacial score (nSPS) is 11.3. The van der Waals surface area contributed by atoms with Gasteiger partial charge in [-0.25, -0.2) is 0 Å². The summed E-state index contributed by atoms with van der Waals surface area (Å²) in [5, 5.41) is 1.09. The number of pyridine rings is 1. The van der Waals surface area contributed by atoms with Crippen molar-refractivity contribution in [2.24, 2.45) is 5.73 Å². The Balaban J connectivity index is 0. The summed E-state index contributed by atoms with van der Waals surface area (Å²) in [6.45, 7) is 0.237. The van der Waals surface area contributed by atoms with Gasteiger partial charge in [0.05, 0.1) is 13.3 Å². The molecule has 0 aliphatic carbocycles. The third kappa shape index (κ3) is 5.53.